The highest BCUT2D eigenvalue weighted by atomic mass is 32.1. The maximum absolute atomic E-state index is 12.8. The molecule has 0 saturated heterocycles. The predicted octanol–water partition coefficient (Wildman–Crippen LogP) is 4.46. The Morgan fingerprint density at radius 1 is 1.03 bits per heavy atom. The number of nitrogen functional groups attached to an aromatic ring is 1. The molecular formula is C22H19N5O2S. The SMILES string of the molecule is CC(=O)Nc1cccc(NC(=O)c2ccc3sc(-c4ccnc(N)n4)c(C)c3c2)c1. The Morgan fingerprint density at radius 2 is 1.80 bits per heavy atom. The Morgan fingerprint density at radius 3 is 2.53 bits per heavy atom. The van der Waals surface area contributed by atoms with Gasteiger partial charge in [-0.3, -0.25) is 9.59 Å². The molecule has 0 radical (unpaired) electrons. The number of anilines is 3. The van der Waals surface area contributed by atoms with Crippen LogP contribution < -0.4 is 16.4 Å². The van der Waals surface area contributed by atoms with Gasteiger partial charge < -0.3 is 16.4 Å². The molecule has 4 N–H and O–H groups in total. The van der Waals surface area contributed by atoms with E-state index in [4.69, 9.17) is 5.73 Å². The van der Waals surface area contributed by atoms with E-state index in [0.29, 0.717) is 16.9 Å². The number of nitrogens with zero attached hydrogens (tertiary/aromatic N) is 2. The van der Waals surface area contributed by atoms with Crippen molar-refractivity contribution in [1.29, 1.82) is 0 Å². The third-order valence-corrected chi connectivity index (χ3v) is 5.84. The first-order valence-corrected chi connectivity index (χ1v) is 10.0. The zero-order valence-electron chi connectivity index (χ0n) is 16.4. The average Bonchev–Trinajstić information content (AvgIpc) is 3.04. The van der Waals surface area contributed by atoms with Crippen LogP contribution in [-0.4, -0.2) is 21.8 Å². The van der Waals surface area contributed by atoms with Crippen LogP contribution in [0.3, 0.4) is 0 Å². The number of aromatic nitrogens is 2. The van der Waals surface area contributed by atoms with Gasteiger partial charge in [0.1, 0.15) is 0 Å². The van der Waals surface area contributed by atoms with Gasteiger partial charge >= 0.3 is 0 Å². The number of hydrogen-bond acceptors (Lipinski definition) is 6. The summed E-state index contributed by atoms with van der Waals surface area (Å²) in [5.41, 5.74) is 9.29. The van der Waals surface area contributed by atoms with Crippen molar-refractivity contribution in [3.8, 4) is 10.6 Å². The first-order chi connectivity index (χ1) is 14.4. The first kappa shape index (κ1) is 19.5. The molecular weight excluding hydrogens is 398 g/mol. The van der Waals surface area contributed by atoms with E-state index in [-0.39, 0.29) is 17.8 Å². The van der Waals surface area contributed by atoms with Crippen LogP contribution in [0.4, 0.5) is 17.3 Å². The summed E-state index contributed by atoms with van der Waals surface area (Å²) in [5.74, 6) is -0.167. The molecule has 0 aliphatic heterocycles. The summed E-state index contributed by atoms with van der Waals surface area (Å²) >= 11 is 1.60. The van der Waals surface area contributed by atoms with Crippen molar-refractivity contribution in [1.82, 2.24) is 9.97 Å². The van der Waals surface area contributed by atoms with Gasteiger partial charge in [-0.05, 0) is 60.3 Å². The molecule has 0 aliphatic rings. The minimum absolute atomic E-state index is 0.168. The fourth-order valence-electron chi connectivity index (χ4n) is 3.19. The smallest absolute Gasteiger partial charge is 0.255 e. The van der Waals surface area contributed by atoms with Crippen molar-refractivity contribution in [3.05, 3.63) is 65.9 Å². The van der Waals surface area contributed by atoms with Gasteiger partial charge in [0.2, 0.25) is 11.9 Å². The molecule has 0 aliphatic carbocycles. The molecule has 8 heteroatoms. The maximum atomic E-state index is 12.8. The highest BCUT2D eigenvalue weighted by Crippen LogP contribution is 2.37. The summed E-state index contributed by atoms with van der Waals surface area (Å²) < 4.78 is 1.06. The van der Waals surface area contributed by atoms with Gasteiger partial charge in [0.25, 0.3) is 5.91 Å². The van der Waals surface area contributed by atoms with Gasteiger partial charge in [-0.2, -0.15) is 0 Å². The quantitative estimate of drug-likeness (QED) is 0.454. The zero-order valence-corrected chi connectivity index (χ0v) is 17.2. The van der Waals surface area contributed by atoms with E-state index in [9.17, 15) is 9.59 Å². The Labute approximate surface area is 177 Å². The van der Waals surface area contributed by atoms with E-state index in [2.05, 4.69) is 20.6 Å². The van der Waals surface area contributed by atoms with Gasteiger partial charge in [0.05, 0.1) is 10.6 Å². The van der Waals surface area contributed by atoms with Crippen molar-refractivity contribution < 1.29 is 9.59 Å². The molecule has 150 valence electrons. The summed E-state index contributed by atoms with van der Waals surface area (Å²) in [6.45, 7) is 3.44. The summed E-state index contributed by atoms with van der Waals surface area (Å²) in [4.78, 5) is 33.3. The summed E-state index contributed by atoms with van der Waals surface area (Å²) in [7, 11) is 0. The Kier molecular flexibility index (Phi) is 5.16. The number of hydrogen-bond donors (Lipinski definition) is 3. The number of carbonyl (C=O) groups is 2. The van der Waals surface area contributed by atoms with Crippen LogP contribution in [0.5, 0.6) is 0 Å². The fourth-order valence-corrected chi connectivity index (χ4v) is 4.35. The number of benzene rings is 2. The van der Waals surface area contributed by atoms with Crippen molar-refractivity contribution >= 4 is 50.6 Å². The molecule has 0 bridgehead atoms. The van der Waals surface area contributed by atoms with E-state index >= 15 is 0 Å². The normalized spacial score (nSPS) is 10.7. The van der Waals surface area contributed by atoms with Crippen molar-refractivity contribution in [2.45, 2.75) is 13.8 Å². The largest absolute Gasteiger partial charge is 0.368 e. The van der Waals surface area contributed by atoms with E-state index in [1.807, 2.05) is 25.1 Å². The van der Waals surface area contributed by atoms with E-state index in [1.165, 1.54) is 6.92 Å². The second-order valence-corrected chi connectivity index (χ2v) is 7.84. The zero-order chi connectivity index (χ0) is 21.3. The first-order valence-electron chi connectivity index (χ1n) is 9.22. The topological polar surface area (TPSA) is 110 Å². The Bertz CT molecular complexity index is 1280. The number of amides is 2. The van der Waals surface area contributed by atoms with Crippen molar-refractivity contribution in [2.24, 2.45) is 0 Å². The number of nitrogens with two attached hydrogens (primary N) is 1. The molecule has 2 aromatic heterocycles. The molecule has 0 atom stereocenters. The number of carbonyl (C=O) groups excluding carboxylic acids is 2. The molecule has 4 aromatic rings. The van der Waals surface area contributed by atoms with Gasteiger partial charge in [-0.1, -0.05) is 6.07 Å². The fraction of sp³-hybridized carbons (Fsp3) is 0.0909. The van der Waals surface area contributed by atoms with Crippen LogP contribution in [0.25, 0.3) is 20.7 Å². The highest BCUT2D eigenvalue weighted by Gasteiger charge is 2.15. The lowest BCUT2D eigenvalue weighted by atomic mass is 10.1. The van der Waals surface area contributed by atoms with Crippen LogP contribution >= 0.6 is 11.3 Å². The van der Waals surface area contributed by atoms with Crippen LogP contribution in [0, 0.1) is 6.92 Å². The second-order valence-electron chi connectivity index (χ2n) is 6.78. The minimum Gasteiger partial charge on any atom is -0.368 e. The third-order valence-electron chi connectivity index (χ3n) is 4.55. The lowest BCUT2D eigenvalue weighted by Gasteiger charge is -2.08. The molecule has 2 heterocycles. The van der Waals surface area contributed by atoms with Gasteiger partial charge in [-0.25, -0.2) is 9.97 Å². The molecule has 7 nitrogen and oxygen atoms in total. The molecule has 0 saturated carbocycles. The summed E-state index contributed by atoms with van der Waals surface area (Å²) in [5, 5.41) is 6.57. The third kappa shape index (κ3) is 3.99. The molecule has 0 fully saturated rings. The minimum atomic E-state index is -0.227. The van der Waals surface area contributed by atoms with Gasteiger partial charge in [0.15, 0.2) is 0 Å². The maximum Gasteiger partial charge on any atom is 0.255 e. The molecule has 0 unspecified atom stereocenters. The molecule has 4 rings (SSSR count). The highest BCUT2D eigenvalue weighted by molar-refractivity contribution is 7.22. The van der Waals surface area contributed by atoms with Crippen LogP contribution in [0.1, 0.15) is 22.8 Å². The van der Waals surface area contributed by atoms with Gasteiger partial charge in [0, 0.05) is 34.8 Å². The standard InChI is InChI=1S/C22H19N5O2S/c1-12-17-10-14(21(29)26-16-5-3-4-15(11-16)25-13(2)28)6-7-19(17)30-20(12)18-8-9-24-22(23)27-18/h3-11H,1-2H3,(H,25,28)(H,26,29)(H2,23,24,27). The average molecular weight is 417 g/mol. The number of rotatable bonds is 4. The number of thiophene rings is 1. The van der Waals surface area contributed by atoms with Crippen LogP contribution in [0.2, 0.25) is 0 Å². The number of nitrogens with one attached hydrogen (secondary N) is 2. The molecule has 0 spiro atoms. The lowest BCUT2D eigenvalue weighted by Crippen LogP contribution is -2.12. The van der Waals surface area contributed by atoms with Gasteiger partial charge in [-0.15, -0.1) is 11.3 Å². The number of aryl methyl sites for hydroxylation is 1. The Hall–Kier alpha value is -3.78. The summed E-state index contributed by atoms with van der Waals surface area (Å²) in [6.07, 6.45) is 1.63. The lowest BCUT2D eigenvalue weighted by molar-refractivity contribution is -0.114. The van der Waals surface area contributed by atoms with E-state index < -0.39 is 0 Å². The number of fused-ring (bicyclic) bond motifs is 1. The van der Waals surface area contributed by atoms with Crippen LogP contribution in [-0.2, 0) is 4.79 Å². The van der Waals surface area contributed by atoms with Crippen molar-refractivity contribution in [2.75, 3.05) is 16.4 Å². The second kappa shape index (κ2) is 7.92. The molecule has 30 heavy (non-hydrogen) atoms. The van der Waals surface area contributed by atoms with E-state index in [0.717, 1.165) is 26.2 Å². The predicted molar refractivity (Wildman–Crippen MR) is 121 cm³/mol. The van der Waals surface area contributed by atoms with E-state index in [1.54, 1.807) is 47.9 Å². The van der Waals surface area contributed by atoms with Crippen molar-refractivity contribution in [3.63, 3.8) is 0 Å². The van der Waals surface area contributed by atoms with Crippen LogP contribution in [0.15, 0.2) is 54.7 Å². The Balaban J connectivity index is 1.63. The summed E-state index contributed by atoms with van der Waals surface area (Å²) in [6, 6.07) is 14.5. The molecule has 2 aromatic carbocycles. The monoisotopic (exact) mass is 417 g/mol. The molecule has 2 amide bonds.